The van der Waals surface area contributed by atoms with Crippen LogP contribution in [0, 0.1) is 5.92 Å². The molecule has 1 aromatic carbocycles. The lowest BCUT2D eigenvalue weighted by molar-refractivity contribution is 0.0241. The van der Waals surface area contributed by atoms with E-state index in [1.807, 2.05) is 12.1 Å². The van der Waals surface area contributed by atoms with Gasteiger partial charge < -0.3 is 10.2 Å². The third-order valence-corrected chi connectivity index (χ3v) is 4.44. The zero-order chi connectivity index (χ0) is 13.7. The van der Waals surface area contributed by atoms with Crippen molar-refractivity contribution in [2.45, 2.75) is 63.9 Å². The summed E-state index contributed by atoms with van der Waals surface area (Å²) < 4.78 is 0. The molecule has 1 aliphatic carbocycles. The maximum Gasteiger partial charge on any atom is 0.115 e. The van der Waals surface area contributed by atoms with E-state index in [9.17, 15) is 10.2 Å². The molecule has 1 saturated carbocycles. The summed E-state index contributed by atoms with van der Waals surface area (Å²) in [5.74, 6) is 1.10. The van der Waals surface area contributed by atoms with Crippen LogP contribution in [0.1, 0.15) is 57.4 Å². The maximum absolute atomic E-state index is 10.8. The molecule has 0 bridgehead atoms. The molecule has 2 heteroatoms. The van der Waals surface area contributed by atoms with Crippen molar-refractivity contribution in [3.05, 3.63) is 29.8 Å². The van der Waals surface area contributed by atoms with Gasteiger partial charge in [0.05, 0.1) is 5.60 Å². The summed E-state index contributed by atoms with van der Waals surface area (Å²) >= 11 is 0. The van der Waals surface area contributed by atoms with Crippen LogP contribution in [0.15, 0.2) is 24.3 Å². The van der Waals surface area contributed by atoms with Gasteiger partial charge in [-0.15, -0.1) is 0 Å². The first kappa shape index (κ1) is 14.4. The molecule has 2 atom stereocenters. The first-order chi connectivity index (χ1) is 9.11. The smallest absolute Gasteiger partial charge is 0.115 e. The highest BCUT2D eigenvalue weighted by Crippen LogP contribution is 2.34. The van der Waals surface area contributed by atoms with Gasteiger partial charge in [0.1, 0.15) is 5.75 Å². The summed E-state index contributed by atoms with van der Waals surface area (Å²) in [5, 5.41) is 20.1. The molecule has 0 spiro atoms. The molecule has 0 amide bonds. The van der Waals surface area contributed by atoms with Crippen LogP contribution in [-0.4, -0.2) is 15.8 Å². The Hall–Kier alpha value is -1.02. The molecule has 0 heterocycles. The fourth-order valence-corrected chi connectivity index (χ4v) is 3.33. The SMILES string of the molecule is CCCC1CCCC(O)(Cc2ccc(O)cc2)CC1. The second kappa shape index (κ2) is 6.42. The number of hydrogen-bond acceptors (Lipinski definition) is 2. The zero-order valence-electron chi connectivity index (χ0n) is 11.9. The van der Waals surface area contributed by atoms with Crippen molar-refractivity contribution < 1.29 is 10.2 Å². The van der Waals surface area contributed by atoms with Crippen LogP contribution in [0.2, 0.25) is 0 Å². The molecule has 0 aromatic heterocycles. The first-order valence-electron chi connectivity index (χ1n) is 7.61. The minimum Gasteiger partial charge on any atom is -0.508 e. The van der Waals surface area contributed by atoms with E-state index in [1.54, 1.807) is 12.1 Å². The van der Waals surface area contributed by atoms with Crippen molar-refractivity contribution >= 4 is 0 Å². The standard InChI is InChI=1S/C17H26O2/c1-2-4-14-5-3-11-17(19,12-10-14)13-15-6-8-16(18)9-7-15/h6-9,14,18-19H,2-5,10-13H2,1H3. The van der Waals surface area contributed by atoms with Gasteiger partial charge in [0.2, 0.25) is 0 Å². The van der Waals surface area contributed by atoms with E-state index in [0.717, 1.165) is 37.2 Å². The van der Waals surface area contributed by atoms with E-state index in [0.29, 0.717) is 12.2 Å². The average molecular weight is 262 g/mol. The largest absolute Gasteiger partial charge is 0.508 e. The van der Waals surface area contributed by atoms with Crippen molar-refractivity contribution in [2.24, 2.45) is 5.92 Å². The highest BCUT2D eigenvalue weighted by Gasteiger charge is 2.30. The number of phenols is 1. The molecule has 2 rings (SSSR count). The van der Waals surface area contributed by atoms with Crippen LogP contribution in [0.5, 0.6) is 5.75 Å². The summed E-state index contributed by atoms with van der Waals surface area (Å²) in [6, 6.07) is 7.24. The van der Waals surface area contributed by atoms with Crippen LogP contribution in [0.3, 0.4) is 0 Å². The van der Waals surface area contributed by atoms with Gasteiger partial charge in [-0.05, 0) is 42.9 Å². The zero-order valence-corrected chi connectivity index (χ0v) is 11.9. The van der Waals surface area contributed by atoms with Crippen molar-refractivity contribution in [1.29, 1.82) is 0 Å². The number of phenolic OH excluding ortho intramolecular Hbond substituents is 1. The monoisotopic (exact) mass is 262 g/mol. The fourth-order valence-electron chi connectivity index (χ4n) is 3.33. The van der Waals surface area contributed by atoms with E-state index in [1.165, 1.54) is 19.3 Å². The first-order valence-corrected chi connectivity index (χ1v) is 7.61. The Kier molecular flexibility index (Phi) is 4.87. The Bertz CT molecular complexity index is 385. The maximum atomic E-state index is 10.8. The molecule has 0 saturated heterocycles. The predicted molar refractivity (Wildman–Crippen MR) is 78.2 cm³/mol. The molecule has 2 N–H and O–H groups in total. The number of aliphatic hydroxyl groups is 1. The van der Waals surface area contributed by atoms with Gasteiger partial charge in [0.25, 0.3) is 0 Å². The number of hydrogen-bond donors (Lipinski definition) is 2. The van der Waals surface area contributed by atoms with Gasteiger partial charge in [-0.2, -0.15) is 0 Å². The quantitative estimate of drug-likeness (QED) is 0.804. The molecule has 0 radical (unpaired) electrons. The molecule has 2 nitrogen and oxygen atoms in total. The van der Waals surface area contributed by atoms with Gasteiger partial charge in [0, 0.05) is 6.42 Å². The summed E-state index contributed by atoms with van der Waals surface area (Å²) in [6.07, 6.45) is 8.66. The fraction of sp³-hybridized carbons (Fsp3) is 0.647. The highest BCUT2D eigenvalue weighted by atomic mass is 16.3. The Morgan fingerprint density at radius 2 is 1.89 bits per heavy atom. The van der Waals surface area contributed by atoms with Gasteiger partial charge in [-0.3, -0.25) is 0 Å². The molecular weight excluding hydrogens is 236 g/mol. The van der Waals surface area contributed by atoms with Crippen LogP contribution >= 0.6 is 0 Å². The van der Waals surface area contributed by atoms with E-state index in [2.05, 4.69) is 6.92 Å². The van der Waals surface area contributed by atoms with Gasteiger partial charge >= 0.3 is 0 Å². The third-order valence-electron chi connectivity index (χ3n) is 4.44. The van der Waals surface area contributed by atoms with E-state index in [-0.39, 0.29) is 0 Å². The molecule has 19 heavy (non-hydrogen) atoms. The highest BCUT2D eigenvalue weighted by molar-refractivity contribution is 5.26. The Morgan fingerprint density at radius 3 is 2.58 bits per heavy atom. The normalized spacial score (nSPS) is 28.0. The number of aromatic hydroxyl groups is 1. The Balaban J connectivity index is 1.96. The van der Waals surface area contributed by atoms with Crippen LogP contribution in [0.4, 0.5) is 0 Å². The molecule has 1 fully saturated rings. The van der Waals surface area contributed by atoms with E-state index >= 15 is 0 Å². The Morgan fingerprint density at radius 1 is 1.16 bits per heavy atom. The van der Waals surface area contributed by atoms with Gasteiger partial charge in [-0.25, -0.2) is 0 Å². The summed E-state index contributed by atoms with van der Waals surface area (Å²) in [6.45, 7) is 2.24. The van der Waals surface area contributed by atoms with E-state index in [4.69, 9.17) is 0 Å². The Labute approximate surface area is 116 Å². The number of rotatable bonds is 4. The number of benzene rings is 1. The minimum absolute atomic E-state index is 0.291. The van der Waals surface area contributed by atoms with Crippen molar-refractivity contribution in [1.82, 2.24) is 0 Å². The van der Waals surface area contributed by atoms with Gasteiger partial charge in [0.15, 0.2) is 0 Å². The minimum atomic E-state index is -0.542. The lowest BCUT2D eigenvalue weighted by atomic mass is 9.87. The average Bonchev–Trinajstić information content (AvgIpc) is 2.56. The summed E-state index contributed by atoms with van der Waals surface area (Å²) in [7, 11) is 0. The van der Waals surface area contributed by atoms with Crippen LogP contribution in [-0.2, 0) is 6.42 Å². The van der Waals surface area contributed by atoms with E-state index < -0.39 is 5.60 Å². The molecular formula is C17H26O2. The van der Waals surface area contributed by atoms with Gasteiger partial charge in [-0.1, -0.05) is 44.7 Å². The summed E-state index contributed by atoms with van der Waals surface area (Å²) in [5.41, 5.74) is 0.577. The van der Waals surface area contributed by atoms with Crippen LogP contribution in [0.25, 0.3) is 0 Å². The van der Waals surface area contributed by atoms with Crippen molar-refractivity contribution in [3.8, 4) is 5.75 Å². The second-order valence-corrected chi connectivity index (χ2v) is 6.15. The lowest BCUT2D eigenvalue weighted by Gasteiger charge is -2.27. The van der Waals surface area contributed by atoms with Crippen molar-refractivity contribution in [2.75, 3.05) is 0 Å². The lowest BCUT2D eigenvalue weighted by Crippen LogP contribution is -2.30. The summed E-state index contributed by atoms with van der Waals surface area (Å²) in [4.78, 5) is 0. The molecule has 106 valence electrons. The molecule has 1 aliphatic rings. The molecule has 2 unspecified atom stereocenters. The van der Waals surface area contributed by atoms with Crippen LogP contribution < -0.4 is 0 Å². The topological polar surface area (TPSA) is 40.5 Å². The molecule has 1 aromatic rings. The van der Waals surface area contributed by atoms with Crippen molar-refractivity contribution in [3.63, 3.8) is 0 Å². The molecule has 0 aliphatic heterocycles. The predicted octanol–water partition coefficient (Wildman–Crippen LogP) is 4.05. The second-order valence-electron chi connectivity index (χ2n) is 6.15. The third kappa shape index (κ3) is 4.24.